The average Bonchev–Trinajstić information content (AvgIpc) is 2.41. The van der Waals surface area contributed by atoms with Gasteiger partial charge in [-0.05, 0) is 30.9 Å². The summed E-state index contributed by atoms with van der Waals surface area (Å²) in [7, 11) is 0. The van der Waals surface area contributed by atoms with Crippen molar-refractivity contribution in [2.75, 3.05) is 13.2 Å². The molecule has 2 rings (SSSR count). The second-order valence-electron chi connectivity index (χ2n) is 4.67. The summed E-state index contributed by atoms with van der Waals surface area (Å²) in [4.78, 5) is 0.352. The molecule has 3 nitrogen and oxygen atoms in total. The molecule has 1 heterocycles. The maximum atomic E-state index is 6.17. The van der Waals surface area contributed by atoms with Crippen molar-refractivity contribution in [1.29, 1.82) is 0 Å². The number of ether oxygens (including phenoxy) is 2. The predicted molar refractivity (Wildman–Crippen MR) is 80.6 cm³/mol. The molecule has 1 aliphatic rings. The van der Waals surface area contributed by atoms with E-state index in [4.69, 9.17) is 39.0 Å². The highest BCUT2D eigenvalue weighted by atomic mass is 35.5. The molecule has 0 radical (unpaired) electrons. The van der Waals surface area contributed by atoms with Gasteiger partial charge in [-0.2, -0.15) is 0 Å². The molecule has 1 unspecified atom stereocenters. The monoisotopic (exact) mass is 299 g/mol. The van der Waals surface area contributed by atoms with E-state index in [0.717, 1.165) is 30.6 Å². The fraction of sp³-hybridized carbons (Fsp3) is 0.500. The van der Waals surface area contributed by atoms with Crippen molar-refractivity contribution in [2.24, 2.45) is 5.73 Å². The Bertz CT molecular complexity index is 447. The van der Waals surface area contributed by atoms with Gasteiger partial charge in [0, 0.05) is 17.2 Å². The third-order valence-electron chi connectivity index (χ3n) is 3.17. The van der Waals surface area contributed by atoms with Crippen LogP contribution < -0.4 is 5.73 Å². The van der Waals surface area contributed by atoms with E-state index < -0.39 is 0 Å². The number of nitrogens with two attached hydrogens (primary N) is 1. The highest BCUT2D eigenvalue weighted by Crippen LogP contribution is 2.20. The zero-order valence-electron chi connectivity index (χ0n) is 10.7. The van der Waals surface area contributed by atoms with Gasteiger partial charge >= 0.3 is 0 Å². The highest BCUT2D eigenvalue weighted by Gasteiger charge is 2.14. The summed E-state index contributed by atoms with van der Waals surface area (Å²) in [5.41, 5.74) is 7.27. The third kappa shape index (κ3) is 4.42. The highest BCUT2D eigenvalue weighted by molar-refractivity contribution is 7.80. The van der Waals surface area contributed by atoms with Crippen molar-refractivity contribution in [3.8, 4) is 0 Å². The van der Waals surface area contributed by atoms with Crippen LogP contribution in [0.2, 0.25) is 5.02 Å². The number of halogens is 1. The van der Waals surface area contributed by atoms with Gasteiger partial charge in [-0.1, -0.05) is 36.0 Å². The van der Waals surface area contributed by atoms with Crippen molar-refractivity contribution in [3.05, 3.63) is 34.3 Å². The Morgan fingerprint density at radius 2 is 2.32 bits per heavy atom. The van der Waals surface area contributed by atoms with Crippen LogP contribution in [0.1, 0.15) is 30.4 Å². The van der Waals surface area contributed by atoms with Crippen LogP contribution in [0.5, 0.6) is 0 Å². The maximum absolute atomic E-state index is 6.17. The van der Waals surface area contributed by atoms with Gasteiger partial charge in [-0.15, -0.1) is 0 Å². The van der Waals surface area contributed by atoms with Gasteiger partial charge < -0.3 is 15.2 Å². The maximum Gasteiger partial charge on any atom is 0.104 e. The van der Waals surface area contributed by atoms with Gasteiger partial charge in [0.2, 0.25) is 0 Å². The van der Waals surface area contributed by atoms with Gasteiger partial charge in [0.05, 0.1) is 19.3 Å². The molecule has 0 amide bonds. The summed E-state index contributed by atoms with van der Waals surface area (Å²) in [6, 6.07) is 5.54. The SMILES string of the molecule is NC(=S)c1ccc(COCC2CCCCO2)c(Cl)c1. The number of benzene rings is 1. The topological polar surface area (TPSA) is 44.5 Å². The molecule has 1 aromatic rings. The zero-order chi connectivity index (χ0) is 13.7. The summed E-state index contributed by atoms with van der Waals surface area (Å²) in [6.45, 7) is 1.95. The second-order valence-corrected chi connectivity index (χ2v) is 5.52. The Hall–Kier alpha value is -0.680. The molecule has 0 aliphatic carbocycles. The van der Waals surface area contributed by atoms with Crippen LogP contribution in [-0.2, 0) is 16.1 Å². The molecular formula is C14H18ClNO2S. The number of thiocarbonyl (C=S) groups is 1. The van der Waals surface area contributed by atoms with E-state index in [-0.39, 0.29) is 6.10 Å². The predicted octanol–water partition coefficient (Wildman–Crippen LogP) is 3.06. The zero-order valence-corrected chi connectivity index (χ0v) is 12.3. The normalized spacial score (nSPS) is 19.3. The summed E-state index contributed by atoms with van der Waals surface area (Å²) in [6.07, 6.45) is 3.68. The van der Waals surface area contributed by atoms with Crippen LogP contribution in [0.15, 0.2) is 18.2 Å². The quantitative estimate of drug-likeness (QED) is 0.849. The van der Waals surface area contributed by atoms with Crippen molar-refractivity contribution >= 4 is 28.8 Å². The Balaban J connectivity index is 1.83. The molecule has 0 aromatic heterocycles. The van der Waals surface area contributed by atoms with Crippen molar-refractivity contribution in [2.45, 2.75) is 32.0 Å². The van der Waals surface area contributed by atoms with Gasteiger partial charge in [0.25, 0.3) is 0 Å². The van der Waals surface area contributed by atoms with Crippen molar-refractivity contribution in [1.82, 2.24) is 0 Å². The molecule has 104 valence electrons. The number of rotatable bonds is 5. The largest absolute Gasteiger partial charge is 0.389 e. The van der Waals surface area contributed by atoms with E-state index in [1.165, 1.54) is 6.42 Å². The first-order valence-electron chi connectivity index (χ1n) is 6.44. The lowest BCUT2D eigenvalue weighted by Gasteiger charge is -2.22. The van der Waals surface area contributed by atoms with E-state index in [2.05, 4.69) is 0 Å². The first-order valence-corrected chi connectivity index (χ1v) is 7.23. The molecule has 0 bridgehead atoms. The van der Waals surface area contributed by atoms with E-state index in [9.17, 15) is 0 Å². The molecule has 0 spiro atoms. The second kappa shape index (κ2) is 7.20. The van der Waals surface area contributed by atoms with Crippen LogP contribution in [0.4, 0.5) is 0 Å². The minimum Gasteiger partial charge on any atom is -0.389 e. The van der Waals surface area contributed by atoms with Crippen LogP contribution >= 0.6 is 23.8 Å². The van der Waals surface area contributed by atoms with Crippen molar-refractivity contribution < 1.29 is 9.47 Å². The van der Waals surface area contributed by atoms with Gasteiger partial charge in [-0.25, -0.2) is 0 Å². The van der Waals surface area contributed by atoms with E-state index in [1.54, 1.807) is 6.07 Å². The molecule has 1 saturated heterocycles. The molecule has 1 fully saturated rings. The van der Waals surface area contributed by atoms with Crippen LogP contribution in [0.3, 0.4) is 0 Å². The fourth-order valence-electron chi connectivity index (χ4n) is 2.06. The summed E-state index contributed by atoms with van der Waals surface area (Å²) < 4.78 is 11.3. The van der Waals surface area contributed by atoms with Crippen LogP contribution in [-0.4, -0.2) is 24.3 Å². The summed E-state index contributed by atoms with van der Waals surface area (Å²) >= 11 is 11.1. The van der Waals surface area contributed by atoms with E-state index >= 15 is 0 Å². The summed E-state index contributed by atoms with van der Waals surface area (Å²) in [5, 5.41) is 0.634. The lowest BCUT2D eigenvalue weighted by Crippen LogP contribution is -2.24. The standard InChI is InChI=1S/C14H18ClNO2S/c15-13-7-10(14(16)19)4-5-11(13)8-17-9-12-3-1-2-6-18-12/h4-5,7,12H,1-3,6,8-9H2,(H2,16,19). The average molecular weight is 300 g/mol. The third-order valence-corrected chi connectivity index (χ3v) is 3.76. The Morgan fingerprint density at radius 3 is 2.95 bits per heavy atom. The molecule has 1 atom stereocenters. The Kier molecular flexibility index (Phi) is 5.58. The first kappa shape index (κ1) is 14.7. The summed E-state index contributed by atoms with van der Waals surface area (Å²) in [5.74, 6) is 0. The number of hydrogen-bond acceptors (Lipinski definition) is 3. The molecular weight excluding hydrogens is 282 g/mol. The number of hydrogen-bond donors (Lipinski definition) is 1. The molecule has 0 saturated carbocycles. The molecule has 5 heteroatoms. The fourth-order valence-corrected chi connectivity index (χ4v) is 2.42. The minimum atomic E-state index is 0.225. The smallest absolute Gasteiger partial charge is 0.104 e. The first-order chi connectivity index (χ1) is 9.16. The lowest BCUT2D eigenvalue weighted by molar-refractivity contribution is -0.0447. The Labute approximate surface area is 124 Å². The van der Waals surface area contributed by atoms with Crippen LogP contribution in [0, 0.1) is 0 Å². The Morgan fingerprint density at radius 1 is 1.47 bits per heavy atom. The van der Waals surface area contributed by atoms with Gasteiger partial charge in [0.15, 0.2) is 0 Å². The molecule has 19 heavy (non-hydrogen) atoms. The van der Waals surface area contributed by atoms with Crippen molar-refractivity contribution in [3.63, 3.8) is 0 Å². The molecule has 1 aromatic carbocycles. The molecule has 1 aliphatic heterocycles. The lowest BCUT2D eigenvalue weighted by atomic mass is 10.1. The van der Waals surface area contributed by atoms with Crippen LogP contribution in [0.25, 0.3) is 0 Å². The van der Waals surface area contributed by atoms with Gasteiger partial charge in [0.1, 0.15) is 4.99 Å². The minimum absolute atomic E-state index is 0.225. The van der Waals surface area contributed by atoms with E-state index in [0.29, 0.717) is 23.2 Å². The molecule has 2 N–H and O–H groups in total. The van der Waals surface area contributed by atoms with Gasteiger partial charge in [-0.3, -0.25) is 0 Å². The van der Waals surface area contributed by atoms with E-state index in [1.807, 2.05) is 12.1 Å².